The van der Waals surface area contributed by atoms with Gasteiger partial charge in [0, 0.05) is 10.6 Å². The van der Waals surface area contributed by atoms with E-state index < -0.39 is 5.60 Å². The molecule has 1 unspecified atom stereocenters. The zero-order valence-electron chi connectivity index (χ0n) is 16.9. The van der Waals surface area contributed by atoms with E-state index in [0.717, 1.165) is 11.1 Å². The number of aromatic nitrogens is 3. The molecule has 0 aliphatic carbocycles. The van der Waals surface area contributed by atoms with Gasteiger partial charge in [-0.3, -0.25) is 0 Å². The minimum absolute atomic E-state index is 0. The van der Waals surface area contributed by atoms with E-state index in [4.69, 9.17) is 32.7 Å². The fourth-order valence-electron chi connectivity index (χ4n) is 3.28. The third-order valence-electron chi connectivity index (χ3n) is 4.89. The van der Waals surface area contributed by atoms with Crippen LogP contribution < -0.4 is 4.74 Å². The normalized spacial score (nSPS) is 12.6. The zero-order chi connectivity index (χ0) is 21.7. The van der Waals surface area contributed by atoms with Gasteiger partial charge in [-0.15, -0.1) is 0 Å². The number of nitrogens with zero attached hydrogens (tertiary/aromatic N) is 3. The van der Waals surface area contributed by atoms with E-state index in [1.54, 1.807) is 29.2 Å². The average Bonchev–Trinajstić information content (AvgIpc) is 3.27. The van der Waals surface area contributed by atoms with Crippen LogP contribution in [0.25, 0.3) is 0 Å². The Morgan fingerprint density at radius 1 is 0.938 bits per heavy atom. The molecule has 0 saturated carbocycles. The van der Waals surface area contributed by atoms with Gasteiger partial charge in [-0.2, -0.15) is 5.10 Å². The van der Waals surface area contributed by atoms with Gasteiger partial charge in [-0.05, 0) is 48.9 Å². The Balaban J connectivity index is 0.00000289. The molecule has 0 bridgehead atoms. The molecule has 5 nitrogen and oxygen atoms in total. The van der Waals surface area contributed by atoms with Gasteiger partial charge < -0.3 is 9.47 Å². The summed E-state index contributed by atoms with van der Waals surface area (Å²) in [5.74, 6) is 1.31. The predicted octanol–water partition coefficient (Wildman–Crippen LogP) is 5.86. The van der Waals surface area contributed by atoms with Crippen LogP contribution in [-0.2, 0) is 23.5 Å². The molecule has 0 saturated heterocycles. The first-order valence-electron chi connectivity index (χ1n) is 9.76. The molecule has 160 valence electrons. The van der Waals surface area contributed by atoms with E-state index >= 15 is 0 Å². The fraction of sp³-hybridized carbons (Fsp3) is 0.167. The van der Waals surface area contributed by atoms with Gasteiger partial charge in [0.05, 0.1) is 18.2 Å². The molecule has 0 fully saturated rings. The first kappa shape index (κ1) is 24.8. The number of hydrogen-bond donors (Lipinski definition) is 0. The van der Waals surface area contributed by atoms with Crippen LogP contribution in [0.3, 0.4) is 0 Å². The van der Waals surface area contributed by atoms with E-state index in [2.05, 4.69) is 10.1 Å². The Bertz CT molecular complexity index is 1130. The molecule has 1 heterocycles. The number of benzene rings is 3. The van der Waals surface area contributed by atoms with E-state index in [-0.39, 0.29) is 29.6 Å². The molecular formula is C24H22Cl2N3NaO2. The van der Waals surface area contributed by atoms with E-state index in [1.807, 2.05) is 61.5 Å². The van der Waals surface area contributed by atoms with Crippen LogP contribution in [0.2, 0.25) is 10.0 Å². The van der Waals surface area contributed by atoms with Crippen LogP contribution in [0, 0.1) is 0 Å². The van der Waals surface area contributed by atoms with Crippen LogP contribution >= 0.6 is 23.2 Å². The maximum absolute atomic E-state index is 6.70. The van der Waals surface area contributed by atoms with E-state index in [1.165, 1.54) is 6.33 Å². The van der Waals surface area contributed by atoms with Crippen molar-refractivity contribution in [3.05, 3.63) is 107 Å². The molecule has 3 aromatic carbocycles. The summed E-state index contributed by atoms with van der Waals surface area (Å²) in [6.45, 7) is 2.89. The van der Waals surface area contributed by atoms with Gasteiger partial charge in [0.2, 0.25) is 0 Å². The van der Waals surface area contributed by atoms with Crippen molar-refractivity contribution in [3.63, 3.8) is 0 Å². The third kappa shape index (κ3) is 6.35. The average molecular weight is 478 g/mol. The summed E-state index contributed by atoms with van der Waals surface area (Å²) in [6.07, 6.45) is 3.17. The number of rotatable bonds is 8. The van der Waals surface area contributed by atoms with Crippen molar-refractivity contribution in [3.8, 4) is 11.5 Å². The fourth-order valence-corrected chi connectivity index (χ4v) is 3.77. The molecule has 0 N–H and O–H groups in total. The zero-order valence-corrected chi connectivity index (χ0v) is 18.4. The van der Waals surface area contributed by atoms with Crippen molar-refractivity contribution in [1.82, 2.24) is 14.8 Å². The van der Waals surface area contributed by atoms with Crippen LogP contribution in [0.1, 0.15) is 18.1 Å². The Hall–Kier alpha value is -1.86. The molecule has 0 amide bonds. The SMILES string of the molecule is CC(Cn1cncn1)(OCc1ccccc1)c1ccc(Oc2ccc(Cl)cc2)cc1Cl.[NaH]. The summed E-state index contributed by atoms with van der Waals surface area (Å²) in [4.78, 5) is 4.04. The van der Waals surface area contributed by atoms with Gasteiger partial charge in [-0.1, -0.05) is 59.6 Å². The van der Waals surface area contributed by atoms with Crippen molar-refractivity contribution in [2.75, 3.05) is 0 Å². The summed E-state index contributed by atoms with van der Waals surface area (Å²) >= 11 is 12.6. The van der Waals surface area contributed by atoms with Crippen LogP contribution in [-0.4, -0.2) is 44.3 Å². The van der Waals surface area contributed by atoms with Crippen LogP contribution in [0.15, 0.2) is 85.5 Å². The molecule has 4 aromatic rings. The Morgan fingerprint density at radius 2 is 1.66 bits per heavy atom. The Labute approximate surface area is 219 Å². The summed E-state index contributed by atoms with van der Waals surface area (Å²) in [5, 5.41) is 5.44. The van der Waals surface area contributed by atoms with Crippen molar-refractivity contribution in [2.45, 2.75) is 25.7 Å². The summed E-state index contributed by atoms with van der Waals surface area (Å²) in [5.41, 5.74) is 1.18. The van der Waals surface area contributed by atoms with Crippen LogP contribution in [0.4, 0.5) is 0 Å². The second kappa shape index (κ2) is 11.3. The van der Waals surface area contributed by atoms with Gasteiger partial charge in [0.25, 0.3) is 0 Å². The van der Waals surface area contributed by atoms with Gasteiger partial charge in [-0.25, -0.2) is 9.67 Å². The molecule has 4 rings (SSSR count). The van der Waals surface area contributed by atoms with Crippen molar-refractivity contribution < 1.29 is 9.47 Å². The van der Waals surface area contributed by atoms with Crippen molar-refractivity contribution in [2.24, 2.45) is 0 Å². The molecule has 1 aromatic heterocycles. The van der Waals surface area contributed by atoms with Gasteiger partial charge in [0.1, 0.15) is 29.8 Å². The van der Waals surface area contributed by atoms with Crippen molar-refractivity contribution >= 4 is 52.8 Å². The second-order valence-electron chi connectivity index (χ2n) is 7.30. The molecule has 0 radical (unpaired) electrons. The standard InChI is InChI=1S/C24H21Cl2N3O2.Na.H/c1-24(15-29-17-27-16-28-29,30-14-18-5-3-2-4-6-18)22-12-11-21(13-23(22)26)31-20-9-7-19(25)8-10-20;;/h2-13,16-17H,14-15H2,1H3;;. The molecular weight excluding hydrogens is 456 g/mol. The predicted molar refractivity (Wildman–Crippen MR) is 129 cm³/mol. The minimum atomic E-state index is -0.737. The Kier molecular flexibility index (Phi) is 8.77. The summed E-state index contributed by atoms with van der Waals surface area (Å²) < 4.78 is 14.0. The molecule has 32 heavy (non-hydrogen) atoms. The number of hydrogen-bond acceptors (Lipinski definition) is 4. The van der Waals surface area contributed by atoms with Gasteiger partial charge in [0.15, 0.2) is 0 Å². The monoisotopic (exact) mass is 477 g/mol. The Morgan fingerprint density at radius 3 is 2.31 bits per heavy atom. The van der Waals surface area contributed by atoms with E-state index in [0.29, 0.717) is 34.7 Å². The molecule has 0 aliphatic rings. The topological polar surface area (TPSA) is 49.2 Å². The van der Waals surface area contributed by atoms with Crippen LogP contribution in [0.5, 0.6) is 11.5 Å². The summed E-state index contributed by atoms with van der Waals surface area (Å²) in [7, 11) is 0. The van der Waals surface area contributed by atoms with Gasteiger partial charge >= 0.3 is 29.6 Å². The summed E-state index contributed by atoms with van der Waals surface area (Å²) in [6, 6.07) is 22.8. The maximum atomic E-state index is 6.70. The van der Waals surface area contributed by atoms with E-state index in [9.17, 15) is 0 Å². The molecule has 8 heteroatoms. The molecule has 1 atom stereocenters. The quantitative estimate of drug-likeness (QED) is 0.298. The number of ether oxygens (including phenoxy) is 2. The second-order valence-corrected chi connectivity index (χ2v) is 8.14. The molecule has 0 aliphatic heterocycles. The first-order chi connectivity index (χ1) is 15.0. The third-order valence-corrected chi connectivity index (χ3v) is 5.45. The van der Waals surface area contributed by atoms with Crippen molar-refractivity contribution in [1.29, 1.82) is 0 Å². The first-order valence-corrected chi connectivity index (χ1v) is 10.5. The molecule has 0 spiro atoms. The number of halogens is 2.